The summed E-state index contributed by atoms with van der Waals surface area (Å²) in [4.78, 5) is 16.6. The van der Waals surface area contributed by atoms with Gasteiger partial charge in [-0.2, -0.15) is 4.80 Å². The number of halogens is 1. The highest BCUT2D eigenvalue weighted by Gasteiger charge is 2.22. The highest BCUT2D eigenvalue weighted by atomic mass is 35.5. The van der Waals surface area contributed by atoms with Gasteiger partial charge < -0.3 is 5.32 Å². The van der Waals surface area contributed by atoms with Crippen LogP contribution in [0.2, 0.25) is 5.02 Å². The minimum Gasteiger partial charge on any atom is -0.350 e. The van der Waals surface area contributed by atoms with Crippen LogP contribution in [0.4, 0.5) is 0 Å². The molecule has 7 nitrogen and oxygen atoms in total. The molecule has 162 valence electrons. The lowest BCUT2D eigenvalue weighted by atomic mass is 10.1. The molecule has 1 saturated heterocycles. The molecule has 1 fully saturated rings. The number of tetrazole rings is 1. The Hall–Kier alpha value is -2.77. The minimum atomic E-state index is -0.511. The summed E-state index contributed by atoms with van der Waals surface area (Å²) in [5.74, 6) is 0.347. The van der Waals surface area contributed by atoms with Crippen LogP contribution in [0.15, 0.2) is 48.5 Å². The van der Waals surface area contributed by atoms with Gasteiger partial charge in [0, 0.05) is 23.7 Å². The average molecular weight is 439 g/mol. The lowest BCUT2D eigenvalue weighted by Crippen LogP contribution is -2.33. The van der Waals surface area contributed by atoms with E-state index in [4.69, 9.17) is 11.6 Å². The van der Waals surface area contributed by atoms with Crippen LogP contribution in [0.5, 0.6) is 0 Å². The minimum absolute atomic E-state index is 0.122. The van der Waals surface area contributed by atoms with Crippen molar-refractivity contribution >= 4 is 17.5 Å². The van der Waals surface area contributed by atoms with Gasteiger partial charge >= 0.3 is 0 Å². The van der Waals surface area contributed by atoms with E-state index in [0.29, 0.717) is 23.8 Å². The van der Waals surface area contributed by atoms with Crippen molar-refractivity contribution < 1.29 is 4.79 Å². The molecule has 0 saturated carbocycles. The number of carbonyl (C=O) groups is 1. The Kier molecular flexibility index (Phi) is 6.94. The first-order valence-corrected chi connectivity index (χ1v) is 11.1. The number of nitrogens with zero attached hydrogens (tertiary/aromatic N) is 5. The number of benzene rings is 2. The van der Waals surface area contributed by atoms with Gasteiger partial charge in [-0.1, -0.05) is 42.8 Å². The number of carbonyl (C=O) groups excluding carboxylic acids is 1. The third kappa shape index (κ3) is 5.48. The van der Waals surface area contributed by atoms with Crippen molar-refractivity contribution in [1.29, 1.82) is 0 Å². The molecule has 1 aliphatic rings. The summed E-state index contributed by atoms with van der Waals surface area (Å²) in [6.07, 6.45) is 3.16. The molecule has 0 bridgehead atoms. The van der Waals surface area contributed by atoms with Crippen molar-refractivity contribution in [3.8, 4) is 11.4 Å². The van der Waals surface area contributed by atoms with Gasteiger partial charge in [0.2, 0.25) is 11.7 Å². The fourth-order valence-electron chi connectivity index (χ4n) is 3.79. The first-order chi connectivity index (χ1) is 15.1. The fourth-order valence-corrected chi connectivity index (χ4v) is 3.92. The van der Waals surface area contributed by atoms with Gasteiger partial charge in [-0.3, -0.25) is 9.69 Å². The normalized spacial score (nSPS) is 15.2. The summed E-state index contributed by atoms with van der Waals surface area (Å²) in [6.45, 7) is 5.78. The van der Waals surface area contributed by atoms with Crippen molar-refractivity contribution in [3.63, 3.8) is 0 Å². The molecule has 1 N–H and O–H groups in total. The van der Waals surface area contributed by atoms with Crippen molar-refractivity contribution in [2.45, 2.75) is 45.3 Å². The van der Waals surface area contributed by atoms with Gasteiger partial charge in [0.25, 0.3) is 0 Å². The molecule has 4 rings (SSSR count). The number of hydrogen-bond donors (Lipinski definition) is 1. The van der Waals surface area contributed by atoms with Crippen molar-refractivity contribution in [2.75, 3.05) is 13.1 Å². The zero-order chi connectivity index (χ0) is 21.6. The van der Waals surface area contributed by atoms with Crippen LogP contribution in [0, 0.1) is 0 Å². The maximum atomic E-state index is 12.8. The van der Waals surface area contributed by atoms with Gasteiger partial charge in [-0.15, -0.1) is 10.2 Å². The molecule has 8 heteroatoms. The molecule has 0 radical (unpaired) electrons. The summed E-state index contributed by atoms with van der Waals surface area (Å²) in [5.41, 5.74) is 3.19. The van der Waals surface area contributed by atoms with E-state index in [2.05, 4.69) is 49.9 Å². The van der Waals surface area contributed by atoms with Crippen molar-refractivity contribution in [3.05, 3.63) is 64.7 Å². The van der Waals surface area contributed by atoms with E-state index in [-0.39, 0.29) is 5.91 Å². The summed E-state index contributed by atoms with van der Waals surface area (Å²) in [7, 11) is 0. The molecular weight excluding hydrogens is 412 g/mol. The Morgan fingerprint density at radius 1 is 1.06 bits per heavy atom. The van der Waals surface area contributed by atoms with Crippen LogP contribution in [-0.2, 0) is 17.9 Å². The van der Waals surface area contributed by atoms with E-state index in [9.17, 15) is 4.79 Å². The largest absolute Gasteiger partial charge is 0.350 e. The van der Waals surface area contributed by atoms with E-state index in [0.717, 1.165) is 17.7 Å². The Morgan fingerprint density at radius 3 is 2.42 bits per heavy atom. The monoisotopic (exact) mass is 438 g/mol. The highest BCUT2D eigenvalue weighted by Crippen LogP contribution is 2.19. The Morgan fingerprint density at radius 2 is 1.74 bits per heavy atom. The third-order valence-corrected chi connectivity index (χ3v) is 5.85. The van der Waals surface area contributed by atoms with Gasteiger partial charge in [-0.05, 0) is 73.0 Å². The maximum absolute atomic E-state index is 12.8. The smallest absolute Gasteiger partial charge is 0.247 e. The molecular formula is C23H27ClN6O. The summed E-state index contributed by atoms with van der Waals surface area (Å²) < 4.78 is 0. The van der Waals surface area contributed by atoms with Gasteiger partial charge in [0.1, 0.15) is 0 Å². The van der Waals surface area contributed by atoms with E-state index in [1.165, 1.54) is 36.3 Å². The molecule has 1 aromatic heterocycles. The SMILES string of the molecule is CCC(C(=O)NCc1ccc(CN2CCCC2)cc1)n1nnc(-c2ccc(Cl)cc2)n1. The van der Waals surface area contributed by atoms with Crippen LogP contribution in [-0.4, -0.2) is 44.1 Å². The first kappa shape index (κ1) is 21.5. The lowest BCUT2D eigenvalue weighted by Gasteiger charge is -2.15. The third-order valence-electron chi connectivity index (χ3n) is 5.59. The Balaban J connectivity index is 1.34. The fraction of sp³-hybridized carbons (Fsp3) is 0.391. The number of nitrogens with one attached hydrogen (secondary N) is 1. The molecule has 1 unspecified atom stereocenters. The van der Waals surface area contributed by atoms with Gasteiger partial charge in [0.15, 0.2) is 6.04 Å². The van der Waals surface area contributed by atoms with E-state index < -0.39 is 6.04 Å². The Labute approximate surface area is 187 Å². The highest BCUT2D eigenvalue weighted by molar-refractivity contribution is 6.30. The lowest BCUT2D eigenvalue weighted by molar-refractivity contribution is -0.125. The second-order valence-electron chi connectivity index (χ2n) is 7.88. The van der Waals surface area contributed by atoms with Gasteiger partial charge in [0.05, 0.1) is 0 Å². The van der Waals surface area contributed by atoms with E-state index in [1.807, 2.05) is 19.1 Å². The topological polar surface area (TPSA) is 75.9 Å². The maximum Gasteiger partial charge on any atom is 0.247 e. The number of aromatic nitrogens is 4. The number of hydrogen-bond acceptors (Lipinski definition) is 5. The van der Waals surface area contributed by atoms with Crippen LogP contribution < -0.4 is 5.32 Å². The van der Waals surface area contributed by atoms with Crippen LogP contribution >= 0.6 is 11.6 Å². The van der Waals surface area contributed by atoms with Crippen LogP contribution in [0.25, 0.3) is 11.4 Å². The second kappa shape index (κ2) is 10.0. The standard InChI is InChI=1S/C23H27ClN6O/c1-2-21(30-27-22(26-28-30)19-9-11-20(24)12-10-19)23(31)25-15-17-5-7-18(8-6-17)16-29-13-3-4-14-29/h5-12,21H,2-4,13-16H2,1H3,(H,25,31). The van der Waals surface area contributed by atoms with Crippen molar-refractivity contribution in [1.82, 2.24) is 30.4 Å². The number of rotatable bonds is 8. The summed E-state index contributed by atoms with van der Waals surface area (Å²) >= 11 is 5.93. The molecule has 3 aromatic rings. The molecule has 0 spiro atoms. The van der Waals surface area contributed by atoms with Gasteiger partial charge in [-0.25, -0.2) is 0 Å². The Bertz CT molecular complexity index is 996. The number of amides is 1. The summed E-state index contributed by atoms with van der Waals surface area (Å²) in [6, 6.07) is 15.2. The predicted octanol–water partition coefficient (Wildman–Crippen LogP) is 3.86. The molecule has 2 aromatic carbocycles. The van der Waals surface area contributed by atoms with Crippen molar-refractivity contribution in [2.24, 2.45) is 0 Å². The molecule has 31 heavy (non-hydrogen) atoms. The zero-order valence-electron chi connectivity index (χ0n) is 17.7. The second-order valence-corrected chi connectivity index (χ2v) is 8.32. The molecule has 1 aliphatic heterocycles. The average Bonchev–Trinajstić information content (AvgIpc) is 3.47. The van der Waals surface area contributed by atoms with E-state index >= 15 is 0 Å². The van der Waals surface area contributed by atoms with E-state index in [1.54, 1.807) is 12.1 Å². The quantitative estimate of drug-likeness (QED) is 0.578. The van der Waals surface area contributed by atoms with Crippen LogP contribution in [0.3, 0.4) is 0 Å². The van der Waals surface area contributed by atoms with Crippen LogP contribution in [0.1, 0.15) is 43.4 Å². The molecule has 1 atom stereocenters. The first-order valence-electron chi connectivity index (χ1n) is 10.8. The molecule has 2 heterocycles. The molecule has 1 amide bonds. The summed E-state index contributed by atoms with van der Waals surface area (Å²) in [5, 5.41) is 16.2. The zero-order valence-corrected chi connectivity index (χ0v) is 18.4. The predicted molar refractivity (Wildman–Crippen MR) is 120 cm³/mol. The molecule has 0 aliphatic carbocycles. The number of likely N-dealkylation sites (tertiary alicyclic amines) is 1.